The molecule has 0 unspecified atom stereocenters. The zero-order chi connectivity index (χ0) is 29.9. The molecule has 0 aliphatic heterocycles. The molecule has 1 aliphatic carbocycles. The third-order valence-electron chi connectivity index (χ3n) is 7.40. The van der Waals surface area contributed by atoms with E-state index in [1.54, 1.807) is 42.3 Å². The molecule has 5 aromatic rings. The van der Waals surface area contributed by atoms with Crippen LogP contribution < -0.4 is 4.74 Å². The lowest BCUT2D eigenvalue weighted by Crippen LogP contribution is -2.15. The number of aryl methyl sites for hydroxylation is 3. The van der Waals surface area contributed by atoms with Gasteiger partial charge in [-0.15, -0.1) is 0 Å². The maximum Gasteiger partial charge on any atom is 0.342 e. The molecule has 4 aromatic carbocycles. The topological polar surface area (TPSA) is 116 Å². The summed E-state index contributed by atoms with van der Waals surface area (Å²) in [6.45, 7) is 3.23. The zero-order valence-corrected chi connectivity index (χ0v) is 24.6. The van der Waals surface area contributed by atoms with Crippen LogP contribution >= 0.6 is 0 Å². The Kier molecular flexibility index (Phi) is 8.51. The minimum atomic E-state index is -4.62. The number of methoxy groups -OCH3 is 1. The van der Waals surface area contributed by atoms with E-state index in [0.29, 0.717) is 11.3 Å². The van der Waals surface area contributed by atoms with Gasteiger partial charge in [0.15, 0.2) is 0 Å². The smallest absolute Gasteiger partial charge is 0.342 e. The lowest BCUT2D eigenvalue weighted by molar-refractivity contribution is 0.0525. The van der Waals surface area contributed by atoms with Crippen LogP contribution in [0.4, 0.5) is 0 Å². The van der Waals surface area contributed by atoms with E-state index < -0.39 is 21.2 Å². The highest BCUT2D eigenvalue weighted by Gasteiger charge is 2.25. The fraction of sp³-hybridized carbons (Fsp3) is 0.242. The lowest BCUT2D eigenvalue weighted by atomic mass is 9.86. The van der Waals surface area contributed by atoms with Crippen LogP contribution in [0.5, 0.6) is 5.75 Å². The Balaban J connectivity index is 0.000000174. The van der Waals surface area contributed by atoms with E-state index in [0.717, 1.165) is 0 Å². The van der Waals surface area contributed by atoms with Crippen LogP contribution in [-0.4, -0.2) is 42.6 Å². The Bertz CT molecular complexity index is 1890. The quantitative estimate of drug-likeness (QED) is 0.104. The summed E-state index contributed by atoms with van der Waals surface area (Å²) >= 11 is 0. The molecule has 8 nitrogen and oxygen atoms in total. The first kappa shape index (κ1) is 29.2. The van der Waals surface area contributed by atoms with E-state index in [2.05, 4.69) is 58.5 Å². The minimum Gasteiger partial charge on any atom is -0.497 e. The lowest BCUT2D eigenvalue weighted by Gasteiger charge is -2.18. The fourth-order valence-electron chi connectivity index (χ4n) is 5.41. The highest BCUT2D eigenvalue weighted by atomic mass is 32.2. The van der Waals surface area contributed by atoms with E-state index in [9.17, 15) is 17.8 Å². The minimum absolute atomic E-state index is 0.0365. The second-order valence-electron chi connectivity index (χ2n) is 10.0. The zero-order valence-electron chi connectivity index (χ0n) is 23.8. The molecule has 0 saturated carbocycles. The molecular weight excluding hydrogens is 552 g/mol. The number of hydrogen-bond donors (Lipinski definition) is 1. The van der Waals surface area contributed by atoms with Crippen molar-refractivity contribution in [3.8, 4) is 17.0 Å². The van der Waals surface area contributed by atoms with Crippen LogP contribution in [0.15, 0.2) is 78.0 Å². The predicted octanol–water partition coefficient (Wildman–Crippen LogP) is 6.76. The number of fused-ring (bicyclic) bond motifs is 5. The van der Waals surface area contributed by atoms with E-state index in [1.807, 2.05) is 0 Å². The first-order chi connectivity index (χ1) is 20.2. The first-order valence-corrected chi connectivity index (χ1v) is 15.2. The van der Waals surface area contributed by atoms with Crippen LogP contribution in [0.25, 0.3) is 32.8 Å². The van der Waals surface area contributed by atoms with E-state index in [4.69, 9.17) is 9.47 Å². The van der Waals surface area contributed by atoms with Gasteiger partial charge in [0.05, 0.1) is 25.1 Å². The number of aromatic nitrogens is 2. The summed E-state index contributed by atoms with van der Waals surface area (Å²) in [6.07, 6.45) is 5.22. The molecule has 0 atom stereocenters. The second kappa shape index (κ2) is 12.3. The monoisotopic (exact) mass is 584 g/mol. The molecule has 1 N–H and O–H groups in total. The van der Waals surface area contributed by atoms with Crippen molar-refractivity contribution in [1.82, 2.24) is 9.97 Å². The maximum absolute atomic E-state index is 12.2. The van der Waals surface area contributed by atoms with Gasteiger partial charge in [-0.05, 0) is 96.5 Å². The highest BCUT2D eigenvalue weighted by Crippen LogP contribution is 2.33. The standard InChI is InChI=1S/C18H16.C15H16N2O6S/c1-3-7-15-13(5-1)9-11-18-16-8-4-2-6-14(16)10-12-17(15)18;1-4-23-14(18)12-9(2)16-15(24(19,20)21)17-13(12)10-5-7-11(22-3)8-6-10/h1,3,5,7,9-12H,2,4,6,8H2;5-8H,4H2,1-3H3,(H,19,20,21). The summed E-state index contributed by atoms with van der Waals surface area (Å²) < 4.78 is 42.0. The Morgan fingerprint density at radius 1 is 0.881 bits per heavy atom. The number of ether oxygens (including phenoxy) is 2. The number of benzene rings is 4. The van der Waals surface area contributed by atoms with Gasteiger partial charge in [-0.1, -0.05) is 48.5 Å². The number of hydrogen-bond acceptors (Lipinski definition) is 7. The summed E-state index contributed by atoms with van der Waals surface area (Å²) in [7, 11) is -3.12. The summed E-state index contributed by atoms with van der Waals surface area (Å²) in [5.74, 6) is -0.0973. The predicted molar refractivity (Wildman–Crippen MR) is 163 cm³/mol. The summed E-state index contributed by atoms with van der Waals surface area (Å²) in [6, 6.07) is 24.5. The van der Waals surface area contributed by atoms with Gasteiger partial charge in [-0.25, -0.2) is 14.8 Å². The summed E-state index contributed by atoms with van der Waals surface area (Å²) in [5.41, 5.74) is 3.80. The van der Waals surface area contributed by atoms with Crippen molar-refractivity contribution in [3.05, 3.63) is 95.2 Å². The molecule has 0 spiro atoms. The summed E-state index contributed by atoms with van der Waals surface area (Å²) in [5, 5.41) is 4.86. The van der Waals surface area contributed by atoms with Gasteiger partial charge in [0.25, 0.3) is 5.16 Å². The second-order valence-corrected chi connectivity index (χ2v) is 11.3. The third kappa shape index (κ3) is 5.98. The van der Waals surface area contributed by atoms with Crippen molar-refractivity contribution in [2.75, 3.05) is 13.7 Å². The number of carbonyl (C=O) groups excluding carboxylic acids is 1. The average molecular weight is 585 g/mol. The molecular formula is C33H32N2O6S. The SMILES string of the molecule is CCOC(=O)c1c(C)nc(S(=O)(=O)O)nc1-c1ccc(OC)cc1.c1ccc2c(c1)ccc1c3c(ccc12)CCCC3. The van der Waals surface area contributed by atoms with Gasteiger partial charge in [-0.3, -0.25) is 4.55 Å². The normalized spacial score (nSPS) is 12.8. The van der Waals surface area contributed by atoms with Gasteiger partial charge in [-0.2, -0.15) is 8.42 Å². The van der Waals surface area contributed by atoms with Crippen LogP contribution in [0.3, 0.4) is 0 Å². The van der Waals surface area contributed by atoms with E-state index in [1.165, 1.54) is 61.3 Å². The maximum atomic E-state index is 12.2. The molecule has 42 heavy (non-hydrogen) atoms. The molecule has 0 saturated heterocycles. The number of esters is 1. The van der Waals surface area contributed by atoms with Gasteiger partial charge in [0, 0.05) is 5.56 Å². The van der Waals surface area contributed by atoms with E-state index in [-0.39, 0.29) is 23.6 Å². The van der Waals surface area contributed by atoms with Gasteiger partial charge in [0.2, 0.25) is 0 Å². The summed E-state index contributed by atoms with van der Waals surface area (Å²) in [4.78, 5) is 19.7. The van der Waals surface area contributed by atoms with Crippen LogP contribution in [0.1, 0.15) is 46.9 Å². The Hall–Kier alpha value is -4.34. The molecule has 6 rings (SSSR count). The Morgan fingerprint density at radius 3 is 2.31 bits per heavy atom. The van der Waals surface area contributed by atoms with Crippen molar-refractivity contribution >= 4 is 37.6 Å². The third-order valence-corrected chi connectivity index (χ3v) is 8.04. The fourth-order valence-corrected chi connectivity index (χ4v) is 5.87. The van der Waals surface area contributed by atoms with E-state index >= 15 is 0 Å². The highest BCUT2D eigenvalue weighted by molar-refractivity contribution is 7.85. The van der Waals surface area contributed by atoms with Gasteiger partial charge in [0.1, 0.15) is 11.3 Å². The average Bonchev–Trinajstić information content (AvgIpc) is 3.00. The molecule has 1 aliphatic rings. The first-order valence-electron chi connectivity index (χ1n) is 13.8. The van der Waals surface area contributed by atoms with Crippen LogP contribution in [-0.2, 0) is 27.7 Å². The van der Waals surface area contributed by atoms with Crippen molar-refractivity contribution in [1.29, 1.82) is 0 Å². The number of carbonyl (C=O) groups is 1. The molecule has 0 radical (unpaired) electrons. The van der Waals surface area contributed by atoms with Crippen molar-refractivity contribution < 1.29 is 27.2 Å². The van der Waals surface area contributed by atoms with Gasteiger partial charge < -0.3 is 9.47 Å². The number of nitrogens with zero attached hydrogens (tertiary/aromatic N) is 2. The molecule has 0 fully saturated rings. The van der Waals surface area contributed by atoms with Gasteiger partial charge >= 0.3 is 16.1 Å². The van der Waals surface area contributed by atoms with Crippen LogP contribution in [0.2, 0.25) is 0 Å². The van der Waals surface area contributed by atoms with Crippen molar-refractivity contribution in [2.45, 2.75) is 44.7 Å². The Morgan fingerprint density at radius 2 is 1.60 bits per heavy atom. The molecule has 9 heteroatoms. The molecule has 216 valence electrons. The number of rotatable bonds is 5. The molecule has 0 amide bonds. The van der Waals surface area contributed by atoms with Crippen molar-refractivity contribution in [3.63, 3.8) is 0 Å². The van der Waals surface area contributed by atoms with Crippen molar-refractivity contribution in [2.24, 2.45) is 0 Å². The molecule has 0 bridgehead atoms. The van der Waals surface area contributed by atoms with Crippen LogP contribution in [0, 0.1) is 6.92 Å². The Labute approximate surface area is 245 Å². The molecule has 1 heterocycles. The largest absolute Gasteiger partial charge is 0.497 e. The molecule has 1 aromatic heterocycles.